The van der Waals surface area contributed by atoms with Gasteiger partial charge in [-0.05, 0) is 37.1 Å². The first kappa shape index (κ1) is 29.5. The van der Waals surface area contributed by atoms with Gasteiger partial charge in [0, 0.05) is 11.8 Å². The number of aromatic nitrogens is 1. The van der Waals surface area contributed by atoms with Gasteiger partial charge < -0.3 is 10.1 Å². The highest BCUT2D eigenvalue weighted by molar-refractivity contribution is 7.89. The molecular weight excluding hydrogens is 480 g/mol. The number of nitrogens with one attached hydrogen (secondary N) is 2. The van der Waals surface area contributed by atoms with Gasteiger partial charge in [-0.2, -0.15) is 0 Å². The van der Waals surface area contributed by atoms with E-state index in [-0.39, 0.29) is 22.5 Å². The van der Waals surface area contributed by atoms with Crippen molar-refractivity contribution in [3.63, 3.8) is 0 Å². The molecule has 12 heteroatoms. The average molecular weight is 515 g/mol. The second-order valence-corrected chi connectivity index (χ2v) is 11.1. The molecule has 1 aromatic carbocycles. The van der Waals surface area contributed by atoms with Crippen LogP contribution in [-0.4, -0.2) is 37.5 Å². The maximum absolute atomic E-state index is 12.1. The molecule has 0 radical (unpaired) electrons. The average Bonchev–Trinajstić information content (AvgIpc) is 3.12. The number of benzene rings is 1. The van der Waals surface area contributed by atoms with Gasteiger partial charge in [-0.15, -0.1) is 0 Å². The molecule has 1 heterocycles. The minimum Gasteiger partial charge on any atom is -0.495 e. The Morgan fingerprint density at radius 1 is 1.24 bits per heavy atom. The Labute approximate surface area is 204 Å². The Bertz CT molecular complexity index is 1090. The van der Waals surface area contributed by atoms with Gasteiger partial charge in [0.05, 0.1) is 17.7 Å². The number of sulfonamides is 1. The Balaban J connectivity index is 0.000000546. The zero-order valence-electron chi connectivity index (χ0n) is 20.4. The molecule has 10 nitrogen and oxygen atoms in total. The maximum atomic E-state index is 12.1. The summed E-state index contributed by atoms with van der Waals surface area (Å²) in [5.41, 5.74) is 2.36. The number of hydroxylamine groups is 1. The monoisotopic (exact) mass is 514 g/mol. The topological polar surface area (TPSA) is 161 Å². The highest BCUT2D eigenvalue weighted by atomic mass is 32.2. The Morgan fingerprint density at radius 2 is 1.88 bits per heavy atom. The number of methoxy groups -OCH3 is 1. The van der Waals surface area contributed by atoms with E-state index in [0.29, 0.717) is 22.8 Å². The van der Waals surface area contributed by atoms with Crippen molar-refractivity contribution in [1.29, 1.82) is 0 Å². The molecule has 2 aromatic rings. The summed E-state index contributed by atoms with van der Waals surface area (Å²) in [5.74, 6) is -0.258. The number of thiazole rings is 1. The molecule has 0 saturated carbocycles. The predicted octanol–water partition coefficient (Wildman–Crippen LogP) is 3.83. The van der Waals surface area contributed by atoms with Crippen LogP contribution >= 0.6 is 11.3 Å². The third-order valence-electron chi connectivity index (χ3n) is 4.56. The minimum atomic E-state index is -3.93. The first-order valence-electron chi connectivity index (χ1n) is 10.7. The molecule has 34 heavy (non-hydrogen) atoms. The quantitative estimate of drug-likeness (QED) is 0.236. The lowest BCUT2D eigenvalue weighted by atomic mass is 9.96. The summed E-state index contributed by atoms with van der Waals surface area (Å²) in [4.78, 5) is 27.4. The van der Waals surface area contributed by atoms with E-state index in [2.05, 4.69) is 17.2 Å². The van der Waals surface area contributed by atoms with E-state index in [1.54, 1.807) is 24.5 Å². The van der Waals surface area contributed by atoms with Gasteiger partial charge in [0.25, 0.3) is 0 Å². The molecule has 1 aromatic heterocycles. The van der Waals surface area contributed by atoms with Gasteiger partial charge in [-0.3, -0.25) is 14.8 Å². The van der Waals surface area contributed by atoms with Gasteiger partial charge in [-0.25, -0.2) is 24.0 Å². The van der Waals surface area contributed by atoms with Crippen LogP contribution in [0.5, 0.6) is 5.75 Å². The van der Waals surface area contributed by atoms with Crippen LogP contribution < -0.4 is 20.7 Å². The largest absolute Gasteiger partial charge is 0.495 e. The van der Waals surface area contributed by atoms with E-state index in [9.17, 15) is 18.0 Å². The second kappa shape index (κ2) is 12.8. The number of ether oxygens (including phenoxy) is 1. The molecule has 0 saturated heterocycles. The van der Waals surface area contributed by atoms with Crippen LogP contribution in [0.15, 0.2) is 23.1 Å². The number of anilines is 1. The molecule has 0 fully saturated rings. The molecular formula is C22H34N4O6S2. The Hall–Kier alpha value is -2.54. The number of carbonyl (C=O) groups excluding carboxylic acids is 2. The molecule has 2 amide bonds. The fourth-order valence-corrected chi connectivity index (χ4v) is 4.31. The number of hydrogen-bond donors (Lipinski definition) is 4. The lowest BCUT2D eigenvalue weighted by molar-refractivity contribution is -0.129. The summed E-state index contributed by atoms with van der Waals surface area (Å²) in [6, 6.07) is 4.72. The molecule has 2 rings (SSSR count). The SMILES string of the molecule is CCCCCC(=O)NO.COc1ccc(-c2sc(NC(=O)C(C)(C)C)nc2C)cc1S(N)(=O)=O. The summed E-state index contributed by atoms with van der Waals surface area (Å²) >= 11 is 1.27. The number of nitrogens with zero attached hydrogens (tertiary/aromatic N) is 1. The number of carbonyl (C=O) groups is 2. The highest BCUT2D eigenvalue weighted by Gasteiger charge is 2.23. The van der Waals surface area contributed by atoms with Crippen LogP contribution in [0.4, 0.5) is 5.13 Å². The number of aryl methyl sites for hydroxylation is 1. The van der Waals surface area contributed by atoms with E-state index in [0.717, 1.165) is 24.1 Å². The zero-order chi connectivity index (χ0) is 26.1. The third kappa shape index (κ3) is 9.01. The number of primary sulfonamides is 1. The van der Waals surface area contributed by atoms with Gasteiger partial charge >= 0.3 is 0 Å². The number of unbranched alkanes of at least 4 members (excludes halogenated alkanes) is 2. The molecule has 5 N–H and O–H groups in total. The predicted molar refractivity (Wildman–Crippen MR) is 132 cm³/mol. The van der Waals surface area contributed by atoms with Crippen LogP contribution in [0.1, 0.15) is 59.1 Å². The lowest BCUT2D eigenvalue weighted by Crippen LogP contribution is -2.27. The number of hydrogen-bond acceptors (Lipinski definition) is 8. The molecule has 0 unspecified atom stereocenters. The fourth-order valence-electron chi connectivity index (χ4n) is 2.63. The summed E-state index contributed by atoms with van der Waals surface area (Å²) in [6.45, 7) is 9.29. The van der Waals surface area contributed by atoms with Gasteiger partial charge in [0.2, 0.25) is 21.8 Å². The smallest absolute Gasteiger partial charge is 0.243 e. The number of rotatable bonds is 8. The molecule has 0 bridgehead atoms. The van der Waals surface area contributed by atoms with E-state index < -0.39 is 15.4 Å². The summed E-state index contributed by atoms with van der Waals surface area (Å²) < 4.78 is 28.6. The number of amides is 2. The van der Waals surface area contributed by atoms with Crippen LogP contribution in [0.25, 0.3) is 10.4 Å². The van der Waals surface area contributed by atoms with Crippen molar-refractivity contribution >= 4 is 38.3 Å². The molecule has 0 atom stereocenters. The first-order valence-corrected chi connectivity index (χ1v) is 13.0. The lowest BCUT2D eigenvalue weighted by Gasteiger charge is -2.15. The van der Waals surface area contributed by atoms with Gasteiger partial charge in [0.15, 0.2) is 5.13 Å². The summed E-state index contributed by atoms with van der Waals surface area (Å²) in [7, 11) is -2.55. The van der Waals surface area contributed by atoms with Crippen molar-refractivity contribution in [1.82, 2.24) is 10.5 Å². The summed E-state index contributed by atoms with van der Waals surface area (Å²) in [5, 5.41) is 16.5. The zero-order valence-corrected chi connectivity index (χ0v) is 22.0. The van der Waals surface area contributed by atoms with E-state index >= 15 is 0 Å². The normalized spacial score (nSPS) is 11.3. The van der Waals surface area contributed by atoms with Crippen molar-refractivity contribution in [2.75, 3.05) is 12.4 Å². The summed E-state index contributed by atoms with van der Waals surface area (Å²) in [6.07, 6.45) is 3.44. The van der Waals surface area contributed by atoms with Crippen molar-refractivity contribution in [3.8, 4) is 16.2 Å². The molecule has 0 aliphatic heterocycles. The second-order valence-electron chi connectivity index (χ2n) is 8.54. The van der Waals surface area contributed by atoms with Crippen molar-refractivity contribution < 1.29 is 28.0 Å². The van der Waals surface area contributed by atoms with Crippen molar-refractivity contribution in [2.24, 2.45) is 10.6 Å². The first-order chi connectivity index (χ1) is 15.7. The Kier molecular flexibility index (Phi) is 11.1. The van der Waals surface area contributed by atoms with Crippen LogP contribution in [0.3, 0.4) is 0 Å². The highest BCUT2D eigenvalue weighted by Crippen LogP contribution is 2.36. The van der Waals surface area contributed by atoms with Crippen molar-refractivity contribution in [3.05, 3.63) is 23.9 Å². The minimum absolute atomic E-state index is 0.0967. The molecule has 0 aliphatic rings. The van der Waals surface area contributed by atoms with Crippen LogP contribution in [0.2, 0.25) is 0 Å². The standard InChI is InChI=1S/C16H21N3O4S2.C6H13NO2/c1-9-13(24-15(18-9)19-14(20)16(2,3)4)10-6-7-11(23-5)12(8-10)25(17,21)22;1-2-3-4-5-6(8)7-9/h6-8H,1-5H3,(H2,17,21,22)(H,18,19,20);9H,2-5H2,1H3,(H,7,8). The van der Waals surface area contributed by atoms with Gasteiger partial charge in [0.1, 0.15) is 10.6 Å². The maximum Gasteiger partial charge on any atom is 0.243 e. The van der Waals surface area contributed by atoms with Crippen LogP contribution in [-0.2, 0) is 19.6 Å². The molecule has 0 spiro atoms. The van der Waals surface area contributed by atoms with Gasteiger partial charge in [-0.1, -0.05) is 51.9 Å². The number of nitrogens with two attached hydrogens (primary N) is 1. The Morgan fingerprint density at radius 3 is 2.38 bits per heavy atom. The van der Waals surface area contributed by atoms with Crippen LogP contribution in [0, 0.1) is 12.3 Å². The third-order valence-corrected chi connectivity index (χ3v) is 6.62. The molecule has 190 valence electrons. The van der Waals surface area contributed by atoms with E-state index in [1.807, 2.05) is 20.8 Å². The van der Waals surface area contributed by atoms with Crippen molar-refractivity contribution in [2.45, 2.75) is 65.2 Å². The van der Waals surface area contributed by atoms with E-state index in [1.165, 1.54) is 24.5 Å². The fraction of sp³-hybridized carbons (Fsp3) is 0.500. The molecule has 0 aliphatic carbocycles. The van der Waals surface area contributed by atoms with E-state index in [4.69, 9.17) is 15.1 Å².